The predicted molar refractivity (Wildman–Crippen MR) is 132 cm³/mol. The molecule has 34 heavy (non-hydrogen) atoms. The summed E-state index contributed by atoms with van der Waals surface area (Å²) in [4.78, 5) is 40.6. The largest absolute Gasteiger partial charge is 0.465 e. The molecule has 1 aromatic carbocycles. The molecule has 2 rings (SSSR count). The number of fused-ring (bicyclic) bond motifs is 1. The number of ether oxygens (including phenoxy) is 2. The number of rotatable bonds is 14. The number of H-pyrrole nitrogens is 1. The molecule has 1 heterocycles. The summed E-state index contributed by atoms with van der Waals surface area (Å²) in [6.07, 6.45) is 3.77. The number of carbonyl (C=O) groups excluding carboxylic acids is 3. The number of aromatic nitrogens is 1. The van der Waals surface area contributed by atoms with E-state index in [1.807, 2.05) is 44.3 Å². The lowest BCUT2D eigenvalue weighted by atomic mass is 10.0. The third kappa shape index (κ3) is 9.17. The van der Waals surface area contributed by atoms with Crippen LogP contribution in [0.25, 0.3) is 10.9 Å². The van der Waals surface area contributed by atoms with Crippen LogP contribution in [0.3, 0.4) is 0 Å². The Kier molecular flexibility index (Phi) is 11.1. The second-order valence-corrected chi connectivity index (χ2v) is 9.53. The second-order valence-electron chi connectivity index (χ2n) is 9.53. The number of esters is 2. The Morgan fingerprint density at radius 1 is 0.941 bits per heavy atom. The number of carbonyl (C=O) groups is 3. The topological polar surface area (TPSA) is 124 Å². The Bertz CT molecular complexity index is 937. The predicted octanol–water partition coefficient (Wildman–Crippen LogP) is 3.48. The van der Waals surface area contributed by atoms with Gasteiger partial charge in [-0.2, -0.15) is 0 Å². The van der Waals surface area contributed by atoms with Crippen molar-refractivity contribution in [1.29, 1.82) is 0 Å². The van der Waals surface area contributed by atoms with E-state index >= 15 is 0 Å². The van der Waals surface area contributed by atoms with Gasteiger partial charge in [0.15, 0.2) is 0 Å². The number of hydrogen-bond acceptors (Lipinski definition) is 6. The monoisotopic (exact) mass is 473 g/mol. The van der Waals surface area contributed by atoms with Crippen LogP contribution in [0, 0.1) is 11.8 Å². The molecule has 0 aliphatic heterocycles. The fraction of sp³-hybridized carbons (Fsp3) is 0.577. The van der Waals surface area contributed by atoms with Crippen LogP contribution in [-0.4, -0.2) is 48.1 Å². The first kappa shape index (κ1) is 27.4. The average molecular weight is 474 g/mol. The highest BCUT2D eigenvalue weighted by molar-refractivity contribution is 5.87. The molecule has 0 aliphatic rings. The lowest BCUT2D eigenvalue weighted by Crippen LogP contribution is -2.44. The zero-order valence-corrected chi connectivity index (χ0v) is 20.8. The second kappa shape index (κ2) is 13.7. The minimum Gasteiger partial charge on any atom is -0.465 e. The van der Waals surface area contributed by atoms with E-state index in [9.17, 15) is 14.4 Å². The smallest absolute Gasteiger partial charge is 0.328 e. The number of hydrogen-bond donors (Lipinski definition) is 3. The van der Waals surface area contributed by atoms with Gasteiger partial charge < -0.3 is 25.5 Å². The summed E-state index contributed by atoms with van der Waals surface area (Å²) < 4.78 is 10.6. The zero-order valence-electron chi connectivity index (χ0n) is 20.8. The van der Waals surface area contributed by atoms with E-state index in [1.54, 1.807) is 0 Å². The van der Waals surface area contributed by atoms with Gasteiger partial charge in [-0.3, -0.25) is 9.59 Å². The minimum atomic E-state index is -0.886. The molecule has 188 valence electrons. The summed E-state index contributed by atoms with van der Waals surface area (Å²) in [5.74, 6) is -0.537. The molecule has 1 aromatic heterocycles. The van der Waals surface area contributed by atoms with Gasteiger partial charge in [0.1, 0.15) is 12.1 Å². The first-order valence-electron chi connectivity index (χ1n) is 12.1. The number of nitrogens with one attached hydrogen (secondary N) is 2. The van der Waals surface area contributed by atoms with Crippen LogP contribution in [0.1, 0.15) is 58.9 Å². The fourth-order valence-corrected chi connectivity index (χ4v) is 3.38. The summed E-state index contributed by atoms with van der Waals surface area (Å²) >= 11 is 0. The Hall–Kier alpha value is -2.87. The molecule has 0 saturated heterocycles. The molecule has 4 N–H and O–H groups in total. The molecule has 0 saturated carbocycles. The van der Waals surface area contributed by atoms with Crippen molar-refractivity contribution in [2.75, 3.05) is 13.2 Å². The van der Waals surface area contributed by atoms with E-state index in [-0.39, 0.29) is 18.7 Å². The third-order valence-corrected chi connectivity index (χ3v) is 5.58. The molecule has 0 bridgehead atoms. The molecule has 0 aliphatic carbocycles. The Morgan fingerprint density at radius 2 is 1.56 bits per heavy atom. The van der Waals surface area contributed by atoms with E-state index in [4.69, 9.17) is 15.2 Å². The summed E-state index contributed by atoms with van der Waals surface area (Å²) in [7, 11) is 0. The van der Waals surface area contributed by atoms with Crippen molar-refractivity contribution in [3.8, 4) is 0 Å². The molecule has 2 atom stereocenters. The first-order valence-corrected chi connectivity index (χ1v) is 12.1. The molecule has 8 heteroatoms. The molecular weight excluding hydrogens is 434 g/mol. The maximum absolute atomic E-state index is 12.8. The zero-order chi connectivity index (χ0) is 25.1. The van der Waals surface area contributed by atoms with Crippen molar-refractivity contribution >= 4 is 28.7 Å². The van der Waals surface area contributed by atoms with Crippen molar-refractivity contribution in [2.24, 2.45) is 17.6 Å². The van der Waals surface area contributed by atoms with Gasteiger partial charge in [0.2, 0.25) is 5.91 Å². The van der Waals surface area contributed by atoms with Crippen LogP contribution >= 0.6 is 0 Å². The van der Waals surface area contributed by atoms with E-state index < -0.39 is 24.0 Å². The van der Waals surface area contributed by atoms with Gasteiger partial charge in [0, 0.05) is 29.9 Å². The molecule has 8 nitrogen and oxygen atoms in total. The van der Waals surface area contributed by atoms with E-state index in [1.165, 1.54) is 0 Å². The van der Waals surface area contributed by atoms with Crippen molar-refractivity contribution in [3.63, 3.8) is 0 Å². The van der Waals surface area contributed by atoms with Crippen LogP contribution in [-0.2, 0) is 30.3 Å². The Labute approximate surface area is 201 Å². The quantitative estimate of drug-likeness (QED) is 0.361. The van der Waals surface area contributed by atoms with Crippen LogP contribution in [0.2, 0.25) is 0 Å². The SMILES string of the molecule is CC(C)CCOC(=O)[C@@H](N)CCC(=O)N[C@H](Cc1c[nH]c2ccccc12)C(=O)OCCC(C)C. The highest BCUT2D eigenvalue weighted by Gasteiger charge is 2.25. The molecule has 0 unspecified atom stereocenters. The number of aromatic amines is 1. The van der Waals surface area contributed by atoms with Gasteiger partial charge in [0.05, 0.1) is 13.2 Å². The summed E-state index contributed by atoms with van der Waals surface area (Å²) in [6.45, 7) is 8.79. The lowest BCUT2D eigenvalue weighted by Gasteiger charge is -2.19. The van der Waals surface area contributed by atoms with Gasteiger partial charge in [0.25, 0.3) is 0 Å². The fourth-order valence-electron chi connectivity index (χ4n) is 3.38. The van der Waals surface area contributed by atoms with E-state index in [0.29, 0.717) is 31.5 Å². The number of nitrogens with two attached hydrogens (primary N) is 1. The number of amides is 1. The maximum Gasteiger partial charge on any atom is 0.328 e. The van der Waals surface area contributed by atoms with Crippen LogP contribution in [0.4, 0.5) is 0 Å². The molecule has 0 spiro atoms. The maximum atomic E-state index is 12.8. The van der Waals surface area contributed by atoms with E-state index in [2.05, 4.69) is 24.1 Å². The molecule has 0 radical (unpaired) electrons. The van der Waals surface area contributed by atoms with Gasteiger partial charge in [-0.15, -0.1) is 0 Å². The summed E-state index contributed by atoms with van der Waals surface area (Å²) in [6, 6.07) is 6.05. The van der Waals surface area contributed by atoms with Crippen LogP contribution in [0.5, 0.6) is 0 Å². The van der Waals surface area contributed by atoms with Gasteiger partial charge >= 0.3 is 11.9 Å². The summed E-state index contributed by atoms with van der Waals surface area (Å²) in [5, 5.41) is 3.76. The van der Waals surface area contributed by atoms with Crippen LogP contribution < -0.4 is 11.1 Å². The molecule has 2 aromatic rings. The van der Waals surface area contributed by atoms with Crippen molar-refractivity contribution in [3.05, 3.63) is 36.0 Å². The Balaban J connectivity index is 1.96. The highest BCUT2D eigenvalue weighted by atomic mass is 16.5. The lowest BCUT2D eigenvalue weighted by molar-refractivity contribution is -0.148. The van der Waals surface area contributed by atoms with Crippen molar-refractivity contribution in [1.82, 2.24) is 10.3 Å². The Morgan fingerprint density at radius 3 is 2.21 bits per heavy atom. The first-order chi connectivity index (χ1) is 16.2. The third-order valence-electron chi connectivity index (χ3n) is 5.58. The van der Waals surface area contributed by atoms with Crippen molar-refractivity contribution in [2.45, 2.75) is 71.9 Å². The van der Waals surface area contributed by atoms with Gasteiger partial charge in [-0.25, -0.2) is 4.79 Å². The van der Waals surface area contributed by atoms with Crippen LogP contribution in [0.15, 0.2) is 30.5 Å². The van der Waals surface area contributed by atoms with Crippen molar-refractivity contribution < 1.29 is 23.9 Å². The molecule has 1 amide bonds. The number of para-hydroxylation sites is 1. The molecule has 0 fully saturated rings. The number of benzene rings is 1. The summed E-state index contributed by atoms with van der Waals surface area (Å²) in [5.41, 5.74) is 7.75. The normalized spacial score (nSPS) is 13.1. The standard InChI is InChI=1S/C26H39N3O5/c1-17(2)11-13-33-25(31)21(27)9-10-24(30)29-23(26(32)34-14-12-18(3)4)15-19-16-28-22-8-6-5-7-20(19)22/h5-8,16-18,21,23,28H,9-15,27H2,1-4H3,(H,29,30)/t21-,23+/m0/s1. The van der Waals surface area contributed by atoms with Gasteiger partial charge in [-0.05, 0) is 42.7 Å². The molecular formula is C26H39N3O5. The minimum absolute atomic E-state index is 0.00407. The van der Waals surface area contributed by atoms with E-state index in [0.717, 1.165) is 29.3 Å². The average Bonchev–Trinajstić information content (AvgIpc) is 3.19. The van der Waals surface area contributed by atoms with Gasteiger partial charge in [-0.1, -0.05) is 45.9 Å². The highest BCUT2D eigenvalue weighted by Crippen LogP contribution is 2.19.